The van der Waals surface area contributed by atoms with Crippen molar-refractivity contribution in [1.82, 2.24) is 0 Å². The molecule has 0 aromatic carbocycles. The van der Waals surface area contributed by atoms with Gasteiger partial charge in [-0.15, -0.1) is 0 Å². The first kappa shape index (κ1) is 29.8. The van der Waals surface area contributed by atoms with Crippen LogP contribution in [0.15, 0.2) is 0 Å². The summed E-state index contributed by atoms with van der Waals surface area (Å²) in [6, 6.07) is 0. The number of hydrogen-bond acceptors (Lipinski definition) is 2. The summed E-state index contributed by atoms with van der Waals surface area (Å²) in [6.07, 6.45) is 0. The van der Waals surface area contributed by atoms with Crippen molar-refractivity contribution in [1.29, 1.82) is 0 Å². The van der Waals surface area contributed by atoms with Crippen LogP contribution in [0.5, 0.6) is 0 Å². The van der Waals surface area contributed by atoms with Gasteiger partial charge < -0.3 is 34.8 Å². The summed E-state index contributed by atoms with van der Waals surface area (Å²) in [5.74, 6) is 0. The maximum absolute atomic E-state index is 7.56. The normalized spacial score (nSPS) is 8.67. The highest BCUT2D eigenvalue weighted by Crippen LogP contribution is 2.26. The molecular formula is C4H20O7P2S2. The second kappa shape index (κ2) is 17.4. The molecule has 15 heavy (non-hydrogen) atoms. The average molecular weight is 306 g/mol. The van der Waals surface area contributed by atoms with E-state index in [0.717, 1.165) is 0 Å². The average Bonchev–Trinajstić information content (AvgIpc) is 1.88. The number of hydrogen-bond donors (Lipinski definition) is 6. The van der Waals surface area contributed by atoms with E-state index in [2.05, 4.69) is 23.6 Å². The van der Waals surface area contributed by atoms with E-state index in [4.69, 9.17) is 29.4 Å². The van der Waals surface area contributed by atoms with E-state index in [1.54, 1.807) is 0 Å². The lowest BCUT2D eigenvalue weighted by atomic mass is 11.0. The standard InChI is InChI=1S/2C2H6.2H3O3PS.H2O/c2*1-2;2*1-4(2,3)5;/h2*1-2H3;2*(H3,1,2,3,5);1H2. The Kier molecular flexibility index (Phi) is 34.6. The molecule has 0 aliphatic rings. The predicted molar refractivity (Wildman–Crippen MR) is 68.2 cm³/mol. The van der Waals surface area contributed by atoms with Crippen molar-refractivity contribution in [2.75, 3.05) is 0 Å². The Morgan fingerprint density at radius 1 is 0.600 bits per heavy atom. The Morgan fingerprint density at radius 2 is 0.600 bits per heavy atom. The van der Waals surface area contributed by atoms with Crippen molar-refractivity contribution in [3.63, 3.8) is 0 Å². The third kappa shape index (κ3) is 2450. The summed E-state index contributed by atoms with van der Waals surface area (Å²) in [7, 11) is 0. The molecule has 0 aliphatic heterocycles. The van der Waals surface area contributed by atoms with E-state index >= 15 is 0 Å². The minimum absolute atomic E-state index is 0. The fourth-order valence-electron chi connectivity index (χ4n) is 0. The molecule has 11 heteroatoms. The van der Waals surface area contributed by atoms with Crippen LogP contribution in [0.1, 0.15) is 27.7 Å². The highest BCUT2D eigenvalue weighted by Gasteiger charge is 1.92. The first-order chi connectivity index (χ1) is 6.00. The lowest BCUT2D eigenvalue weighted by molar-refractivity contribution is 0.361. The van der Waals surface area contributed by atoms with Gasteiger partial charge in [-0.2, -0.15) is 0 Å². The van der Waals surface area contributed by atoms with E-state index in [-0.39, 0.29) is 5.48 Å². The molecule has 100 valence electrons. The molecule has 0 fully saturated rings. The van der Waals surface area contributed by atoms with Crippen molar-refractivity contribution in [2.24, 2.45) is 0 Å². The van der Waals surface area contributed by atoms with E-state index in [1.165, 1.54) is 0 Å². The van der Waals surface area contributed by atoms with Gasteiger partial charge in [-0.1, -0.05) is 27.7 Å². The topological polar surface area (TPSA) is 153 Å². The smallest absolute Gasteiger partial charge is 0.319 e. The first-order valence-electron chi connectivity index (χ1n) is 3.57. The molecule has 0 aromatic heterocycles. The van der Waals surface area contributed by atoms with Gasteiger partial charge in [0.1, 0.15) is 0 Å². The molecule has 0 saturated carbocycles. The van der Waals surface area contributed by atoms with Crippen LogP contribution in [0.3, 0.4) is 0 Å². The molecule has 0 saturated heterocycles. The van der Waals surface area contributed by atoms with Gasteiger partial charge in [-0.3, -0.25) is 0 Å². The SMILES string of the molecule is CC.CC.O.OP(O)(O)=S.OP(O)(O)=S. The summed E-state index contributed by atoms with van der Waals surface area (Å²) in [5.41, 5.74) is 0. The van der Waals surface area contributed by atoms with Crippen molar-refractivity contribution in [3.05, 3.63) is 0 Å². The van der Waals surface area contributed by atoms with Crippen molar-refractivity contribution in [2.45, 2.75) is 27.7 Å². The summed E-state index contributed by atoms with van der Waals surface area (Å²) in [4.78, 5) is 45.3. The van der Waals surface area contributed by atoms with Crippen molar-refractivity contribution >= 4 is 37.1 Å². The van der Waals surface area contributed by atoms with Crippen LogP contribution in [0.2, 0.25) is 0 Å². The second-order valence-electron chi connectivity index (χ2n) is 1.03. The van der Waals surface area contributed by atoms with Gasteiger partial charge in [0.05, 0.1) is 0 Å². The second-order valence-corrected chi connectivity index (χ2v) is 6.02. The molecular weight excluding hydrogens is 286 g/mol. The summed E-state index contributed by atoms with van der Waals surface area (Å²) >= 11 is 7.21. The fourth-order valence-corrected chi connectivity index (χ4v) is 0. The summed E-state index contributed by atoms with van der Waals surface area (Å²) < 4.78 is 0. The molecule has 0 spiro atoms. The summed E-state index contributed by atoms with van der Waals surface area (Å²) in [6.45, 7) is 0.389. The Balaban J connectivity index is -0.0000000318. The molecule has 0 rings (SSSR count). The van der Waals surface area contributed by atoms with Crippen LogP contribution in [-0.2, 0) is 23.6 Å². The number of rotatable bonds is 0. The molecule has 7 nitrogen and oxygen atoms in total. The Bertz CT molecular complexity index is 139. The fraction of sp³-hybridized carbons (Fsp3) is 1.00. The molecule has 0 bridgehead atoms. The third-order valence-electron chi connectivity index (χ3n) is 0. The zero-order chi connectivity index (χ0) is 13.0. The van der Waals surface area contributed by atoms with Crippen molar-refractivity contribution in [3.8, 4) is 0 Å². The zero-order valence-electron chi connectivity index (χ0n) is 8.89. The lowest BCUT2D eigenvalue weighted by Gasteiger charge is -1.88. The molecule has 0 aliphatic carbocycles. The Hall–Kier alpha value is 1.02. The van der Waals surface area contributed by atoms with Crippen molar-refractivity contribution < 1.29 is 34.8 Å². The van der Waals surface area contributed by atoms with Crippen LogP contribution in [0.4, 0.5) is 0 Å². The molecule has 0 amide bonds. The van der Waals surface area contributed by atoms with Crippen LogP contribution in [-0.4, -0.2) is 34.8 Å². The molecule has 0 radical (unpaired) electrons. The van der Waals surface area contributed by atoms with Gasteiger partial charge in [0.25, 0.3) is 0 Å². The Morgan fingerprint density at radius 3 is 0.600 bits per heavy atom. The third-order valence-corrected chi connectivity index (χ3v) is 0. The minimum Gasteiger partial charge on any atom is -0.412 e. The van der Waals surface area contributed by atoms with Crippen LogP contribution >= 0.6 is 13.4 Å². The van der Waals surface area contributed by atoms with Crippen LogP contribution < -0.4 is 0 Å². The van der Waals surface area contributed by atoms with Gasteiger partial charge in [0.2, 0.25) is 0 Å². The predicted octanol–water partition coefficient (Wildman–Crippen LogP) is -0.397. The monoisotopic (exact) mass is 306 g/mol. The van der Waals surface area contributed by atoms with Gasteiger partial charge in [0.15, 0.2) is 0 Å². The van der Waals surface area contributed by atoms with E-state index in [0.29, 0.717) is 0 Å². The van der Waals surface area contributed by atoms with Gasteiger partial charge in [-0.25, -0.2) is 0 Å². The quantitative estimate of drug-likeness (QED) is 0.331. The Labute approximate surface area is 99.9 Å². The van der Waals surface area contributed by atoms with Gasteiger partial charge >= 0.3 is 13.4 Å². The van der Waals surface area contributed by atoms with Crippen LogP contribution in [0.25, 0.3) is 0 Å². The van der Waals surface area contributed by atoms with E-state index < -0.39 is 13.4 Å². The summed E-state index contributed by atoms with van der Waals surface area (Å²) in [5, 5.41) is 0. The highest BCUT2D eigenvalue weighted by molar-refractivity contribution is 8.06. The molecule has 0 atom stereocenters. The maximum Gasteiger partial charge on any atom is 0.319 e. The highest BCUT2D eigenvalue weighted by atomic mass is 32.5. The maximum atomic E-state index is 7.56. The first-order valence-corrected chi connectivity index (χ1v) is 8.89. The van der Waals surface area contributed by atoms with Crippen LogP contribution in [0, 0.1) is 0 Å². The van der Waals surface area contributed by atoms with E-state index in [9.17, 15) is 0 Å². The molecule has 0 aromatic rings. The molecule has 0 heterocycles. The minimum atomic E-state index is -3.81. The lowest BCUT2D eigenvalue weighted by Crippen LogP contribution is -1.65. The van der Waals surface area contributed by atoms with Gasteiger partial charge in [0, 0.05) is 0 Å². The zero-order valence-corrected chi connectivity index (χ0v) is 12.3. The largest absolute Gasteiger partial charge is 0.412 e. The molecule has 8 N–H and O–H groups in total. The van der Waals surface area contributed by atoms with Gasteiger partial charge in [-0.05, 0) is 23.6 Å². The molecule has 0 unspecified atom stereocenters. The van der Waals surface area contributed by atoms with E-state index in [1.807, 2.05) is 27.7 Å².